The summed E-state index contributed by atoms with van der Waals surface area (Å²) in [5, 5.41) is 4.41. The zero-order chi connectivity index (χ0) is 17.2. The first-order valence-electron chi connectivity index (χ1n) is 9.09. The molecule has 0 bridgehead atoms. The van der Waals surface area contributed by atoms with Crippen molar-refractivity contribution in [2.45, 2.75) is 64.5 Å². The van der Waals surface area contributed by atoms with Gasteiger partial charge in [-0.05, 0) is 82.7 Å². The first kappa shape index (κ1) is 17.5. The van der Waals surface area contributed by atoms with Gasteiger partial charge < -0.3 is 15.0 Å². The standard InChI is InChI=1S/C20H29ClN2O/c1-20(2,3)24-19(15-5-4-6-15)23-13-11-18(12-14-23)22-17-9-7-16(21)8-10-17/h7-10,18,22H,4-6,11-14H2,1-3H3. The molecule has 1 aliphatic carbocycles. The lowest BCUT2D eigenvalue weighted by atomic mass is 9.91. The van der Waals surface area contributed by atoms with Gasteiger partial charge in [-0.25, -0.2) is 0 Å². The third-order valence-corrected chi connectivity index (χ3v) is 4.91. The van der Waals surface area contributed by atoms with Crippen LogP contribution in [0.3, 0.4) is 0 Å². The predicted octanol–water partition coefficient (Wildman–Crippen LogP) is 5.43. The molecular weight excluding hydrogens is 320 g/mol. The first-order chi connectivity index (χ1) is 11.4. The van der Waals surface area contributed by atoms with E-state index < -0.39 is 0 Å². The van der Waals surface area contributed by atoms with Gasteiger partial charge in [0.25, 0.3) is 0 Å². The van der Waals surface area contributed by atoms with E-state index in [9.17, 15) is 0 Å². The number of allylic oxidation sites excluding steroid dienone is 1. The molecule has 1 aromatic carbocycles. The molecule has 0 unspecified atom stereocenters. The molecule has 0 aromatic heterocycles. The number of likely N-dealkylation sites (tertiary alicyclic amines) is 1. The van der Waals surface area contributed by atoms with E-state index >= 15 is 0 Å². The second-order valence-corrected chi connectivity index (χ2v) is 8.33. The maximum absolute atomic E-state index is 6.32. The molecule has 0 spiro atoms. The van der Waals surface area contributed by atoms with E-state index in [4.69, 9.17) is 16.3 Å². The van der Waals surface area contributed by atoms with Crippen molar-refractivity contribution in [1.82, 2.24) is 4.90 Å². The van der Waals surface area contributed by atoms with E-state index in [1.165, 1.54) is 30.7 Å². The summed E-state index contributed by atoms with van der Waals surface area (Å²) in [5.41, 5.74) is 2.53. The number of nitrogens with zero attached hydrogens (tertiary/aromatic N) is 1. The summed E-state index contributed by atoms with van der Waals surface area (Å²) >= 11 is 5.96. The molecule has 0 radical (unpaired) electrons. The minimum Gasteiger partial charge on any atom is -0.473 e. The Morgan fingerprint density at radius 1 is 1.12 bits per heavy atom. The van der Waals surface area contributed by atoms with Crippen molar-refractivity contribution >= 4 is 17.3 Å². The Balaban J connectivity index is 1.58. The number of piperidine rings is 1. The third-order valence-electron chi connectivity index (χ3n) is 4.66. The molecule has 24 heavy (non-hydrogen) atoms. The summed E-state index contributed by atoms with van der Waals surface area (Å²) in [6, 6.07) is 8.51. The summed E-state index contributed by atoms with van der Waals surface area (Å²) in [5.74, 6) is 1.17. The van der Waals surface area contributed by atoms with Crippen LogP contribution in [0.5, 0.6) is 0 Å². The van der Waals surface area contributed by atoms with Crippen LogP contribution in [0, 0.1) is 0 Å². The van der Waals surface area contributed by atoms with Gasteiger partial charge in [0.05, 0.1) is 0 Å². The maximum atomic E-state index is 6.32. The van der Waals surface area contributed by atoms with Gasteiger partial charge in [0.1, 0.15) is 5.60 Å². The highest BCUT2D eigenvalue weighted by Gasteiger charge is 2.28. The highest BCUT2D eigenvalue weighted by molar-refractivity contribution is 6.30. The van der Waals surface area contributed by atoms with E-state index in [2.05, 4.69) is 43.1 Å². The van der Waals surface area contributed by atoms with Crippen molar-refractivity contribution in [2.75, 3.05) is 18.4 Å². The van der Waals surface area contributed by atoms with Crippen LogP contribution in [0.4, 0.5) is 5.69 Å². The van der Waals surface area contributed by atoms with Crippen molar-refractivity contribution < 1.29 is 4.74 Å². The van der Waals surface area contributed by atoms with E-state index in [0.29, 0.717) is 6.04 Å². The maximum Gasteiger partial charge on any atom is 0.188 e. The Hall–Kier alpha value is -1.35. The molecule has 3 rings (SSSR count). The van der Waals surface area contributed by atoms with E-state index in [0.717, 1.165) is 36.6 Å². The number of nitrogens with one attached hydrogen (secondary N) is 1. The quantitative estimate of drug-likeness (QED) is 0.734. The summed E-state index contributed by atoms with van der Waals surface area (Å²) < 4.78 is 6.32. The molecule has 1 heterocycles. The van der Waals surface area contributed by atoms with Crippen LogP contribution in [0.2, 0.25) is 5.02 Å². The molecule has 1 aromatic rings. The third kappa shape index (κ3) is 4.60. The Morgan fingerprint density at radius 3 is 2.25 bits per heavy atom. The number of benzene rings is 1. The lowest BCUT2D eigenvalue weighted by molar-refractivity contribution is -0.00852. The first-order valence-corrected chi connectivity index (χ1v) is 9.46. The predicted molar refractivity (Wildman–Crippen MR) is 101 cm³/mol. The number of halogens is 1. The van der Waals surface area contributed by atoms with Gasteiger partial charge in [-0.2, -0.15) is 0 Å². The fourth-order valence-electron chi connectivity index (χ4n) is 3.23. The zero-order valence-corrected chi connectivity index (χ0v) is 15.8. The zero-order valence-electron chi connectivity index (χ0n) is 15.1. The number of anilines is 1. The van der Waals surface area contributed by atoms with Gasteiger partial charge in [-0.15, -0.1) is 0 Å². The monoisotopic (exact) mass is 348 g/mol. The molecule has 3 nitrogen and oxygen atoms in total. The highest BCUT2D eigenvalue weighted by Crippen LogP contribution is 2.34. The molecule has 2 fully saturated rings. The minimum atomic E-state index is -0.129. The van der Waals surface area contributed by atoms with Gasteiger partial charge >= 0.3 is 0 Å². The van der Waals surface area contributed by atoms with Gasteiger partial charge in [-0.3, -0.25) is 0 Å². The summed E-state index contributed by atoms with van der Waals surface area (Å²) in [6.45, 7) is 8.53. The summed E-state index contributed by atoms with van der Waals surface area (Å²) in [7, 11) is 0. The molecular formula is C20H29ClN2O. The van der Waals surface area contributed by atoms with E-state index in [1.54, 1.807) is 0 Å². The molecule has 1 saturated carbocycles. The van der Waals surface area contributed by atoms with Crippen LogP contribution in [-0.2, 0) is 4.74 Å². The van der Waals surface area contributed by atoms with Crippen LogP contribution in [0.1, 0.15) is 52.9 Å². The van der Waals surface area contributed by atoms with E-state index in [-0.39, 0.29) is 5.60 Å². The smallest absolute Gasteiger partial charge is 0.188 e. The van der Waals surface area contributed by atoms with Crippen LogP contribution >= 0.6 is 11.6 Å². The van der Waals surface area contributed by atoms with Crippen LogP contribution in [0.15, 0.2) is 35.7 Å². The SMILES string of the molecule is CC(C)(C)OC(=C1CCC1)N1CCC(Nc2ccc(Cl)cc2)CC1. The normalized spacial score (nSPS) is 19.0. The van der Waals surface area contributed by atoms with Crippen LogP contribution in [0.25, 0.3) is 0 Å². The topological polar surface area (TPSA) is 24.5 Å². The molecule has 1 N–H and O–H groups in total. The Labute approximate surface area is 151 Å². The Morgan fingerprint density at radius 2 is 1.75 bits per heavy atom. The van der Waals surface area contributed by atoms with Gasteiger partial charge in [0, 0.05) is 29.8 Å². The second-order valence-electron chi connectivity index (χ2n) is 7.89. The average molecular weight is 349 g/mol. The lowest BCUT2D eigenvalue weighted by Crippen LogP contribution is -2.41. The second kappa shape index (κ2) is 7.26. The van der Waals surface area contributed by atoms with Gasteiger partial charge in [0.2, 0.25) is 0 Å². The Kier molecular flexibility index (Phi) is 5.29. The van der Waals surface area contributed by atoms with Crippen molar-refractivity contribution in [3.63, 3.8) is 0 Å². The number of hydrogen-bond acceptors (Lipinski definition) is 3. The fourth-order valence-corrected chi connectivity index (χ4v) is 3.35. The lowest BCUT2D eigenvalue weighted by Gasteiger charge is -2.40. The van der Waals surface area contributed by atoms with Crippen LogP contribution < -0.4 is 5.32 Å². The van der Waals surface area contributed by atoms with E-state index in [1.807, 2.05) is 12.1 Å². The average Bonchev–Trinajstić information content (AvgIpc) is 2.47. The van der Waals surface area contributed by atoms with Crippen molar-refractivity contribution in [3.8, 4) is 0 Å². The molecule has 0 amide bonds. The number of rotatable bonds is 4. The van der Waals surface area contributed by atoms with Gasteiger partial charge in [-0.1, -0.05) is 11.6 Å². The molecule has 0 atom stereocenters. The van der Waals surface area contributed by atoms with Crippen molar-refractivity contribution in [2.24, 2.45) is 0 Å². The molecule has 1 aliphatic heterocycles. The molecule has 1 saturated heterocycles. The van der Waals surface area contributed by atoms with Gasteiger partial charge in [0.15, 0.2) is 5.88 Å². The molecule has 132 valence electrons. The van der Waals surface area contributed by atoms with Crippen molar-refractivity contribution in [1.29, 1.82) is 0 Å². The minimum absolute atomic E-state index is 0.129. The highest BCUT2D eigenvalue weighted by atomic mass is 35.5. The fraction of sp³-hybridized carbons (Fsp3) is 0.600. The summed E-state index contributed by atoms with van der Waals surface area (Å²) in [6.07, 6.45) is 5.98. The number of hydrogen-bond donors (Lipinski definition) is 1. The largest absolute Gasteiger partial charge is 0.473 e. The number of ether oxygens (including phenoxy) is 1. The summed E-state index contributed by atoms with van der Waals surface area (Å²) in [4.78, 5) is 2.46. The van der Waals surface area contributed by atoms with Crippen LogP contribution in [-0.4, -0.2) is 29.6 Å². The molecule has 2 aliphatic rings. The molecule has 4 heteroatoms. The Bertz CT molecular complexity index is 575. The van der Waals surface area contributed by atoms with Crippen molar-refractivity contribution in [3.05, 3.63) is 40.7 Å².